The lowest BCUT2D eigenvalue weighted by Crippen LogP contribution is -2.46. The topological polar surface area (TPSA) is 29.5 Å². The van der Waals surface area contributed by atoms with Crippen molar-refractivity contribution in [2.24, 2.45) is 23.2 Å². The van der Waals surface area contributed by atoms with Gasteiger partial charge in [0.2, 0.25) is 0 Å². The summed E-state index contributed by atoms with van der Waals surface area (Å²) in [5, 5.41) is 12.0. The Bertz CT molecular complexity index is 1080. The fraction of sp³-hybridized carbons (Fsp3) is 0.438. The van der Waals surface area contributed by atoms with E-state index in [1.807, 2.05) is 66.7 Å². The Morgan fingerprint density at radius 3 is 1.79 bits per heavy atom. The summed E-state index contributed by atoms with van der Waals surface area (Å²) in [6.45, 7) is 2.87. The Kier molecular flexibility index (Phi) is 5.53. The first-order valence-corrected chi connectivity index (χ1v) is 13.1. The molecule has 0 aromatic heterocycles. The van der Waals surface area contributed by atoms with Crippen LogP contribution in [0.2, 0.25) is 0 Å². The lowest BCUT2D eigenvalue weighted by Gasteiger charge is -2.57. The number of aliphatic hydroxyl groups is 1. The van der Waals surface area contributed by atoms with Crippen LogP contribution in [0.25, 0.3) is 0 Å². The zero-order valence-electron chi connectivity index (χ0n) is 20.2. The van der Waals surface area contributed by atoms with Gasteiger partial charge in [-0.3, -0.25) is 0 Å². The molecule has 1 N–H and O–H groups in total. The van der Waals surface area contributed by atoms with Crippen molar-refractivity contribution < 1.29 is 9.84 Å². The molecule has 34 heavy (non-hydrogen) atoms. The van der Waals surface area contributed by atoms with Gasteiger partial charge in [-0.15, -0.1) is 0 Å². The second kappa shape index (κ2) is 8.57. The largest absolute Gasteiger partial charge is 0.494 e. The van der Waals surface area contributed by atoms with Crippen molar-refractivity contribution in [3.8, 4) is 5.75 Å². The van der Waals surface area contributed by atoms with Crippen molar-refractivity contribution in [1.82, 2.24) is 0 Å². The van der Waals surface area contributed by atoms with Crippen LogP contribution in [0.4, 0.5) is 0 Å². The third kappa shape index (κ3) is 3.96. The standard InChI is InChI=1S/C32H36O2/c1-23-7-9-28(10-8-23)32(33,27-5-3-2-4-6-27)29-11-13-30(14-12-29)34-16-15-31-20-24-17-25(21-31)19-26(18-24)22-31/h2-14,24-26,33H,15-22H2,1H3. The molecule has 3 aromatic rings. The van der Waals surface area contributed by atoms with Crippen LogP contribution in [0, 0.1) is 30.1 Å². The summed E-state index contributed by atoms with van der Waals surface area (Å²) in [4.78, 5) is 0. The molecule has 2 nitrogen and oxygen atoms in total. The van der Waals surface area contributed by atoms with E-state index in [1.165, 1.54) is 50.5 Å². The van der Waals surface area contributed by atoms with Gasteiger partial charge >= 0.3 is 0 Å². The van der Waals surface area contributed by atoms with Gasteiger partial charge in [0, 0.05) is 0 Å². The number of hydrogen-bond acceptors (Lipinski definition) is 2. The Morgan fingerprint density at radius 2 is 1.24 bits per heavy atom. The molecule has 4 bridgehead atoms. The summed E-state index contributed by atoms with van der Waals surface area (Å²) in [6.07, 6.45) is 9.97. The van der Waals surface area contributed by atoms with Crippen molar-refractivity contribution in [3.05, 3.63) is 101 Å². The quantitative estimate of drug-likeness (QED) is 0.382. The third-order valence-electron chi connectivity index (χ3n) is 9.00. The average Bonchev–Trinajstić information content (AvgIpc) is 2.84. The first-order chi connectivity index (χ1) is 16.5. The van der Waals surface area contributed by atoms with Crippen molar-refractivity contribution in [1.29, 1.82) is 0 Å². The summed E-state index contributed by atoms with van der Waals surface area (Å²) in [5.74, 6) is 3.86. The van der Waals surface area contributed by atoms with E-state index < -0.39 is 5.60 Å². The molecule has 1 unspecified atom stereocenters. The molecule has 0 heterocycles. The Balaban J connectivity index is 1.19. The number of hydrogen-bond donors (Lipinski definition) is 1. The summed E-state index contributed by atoms with van der Waals surface area (Å²) in [7, 11) is 0. The lowest BCUT2D eigenvalue weighted by molar-refractivity contribution is -0.0622. The average molecular weight is 453 g/mol. The predicted octanol–water partition coefficient (Wildman–Crippen LogP) is 7.26. The molecule has 0 saturated heterocycles. The zero-order chi connectivity index (χ0) is 23.2. The maximum Gasteiger partial charge on any atom is 0.140 e. The van der Waals surface area contributed by atoms with Crippen LogP contribution in [-0.4, -0.2) is 11.7 Å². The number of benzene rings is 3. The number of rotatable bonds is 7. The molecule has 4 saturated carbocycles. The smallest absolute Gasteiger partial charge is 0.140 e. The SMILES string of the molecule is Cc1ccc(C(O)(c2ccccc2)c2ccc(OCCC34CC5CC(CC(C5)C3)C4)cc2)cc1. The molecule has 4 aliphatic carbocycles. The minimum atomic E-state index is -1.20. The summed E-state index contributed by atoms with van der Waals surface area (Å²) < 4.78 is 6.26. The fourth-order valence-electron chi connectivity index (χ4n) is 7.75. The summed E-state index contributed by atoms with van der Waals surface area (Å²) >= 11 is 0. The lowest BCUT2D eigenvalue weighted by atomic mass is 9.49. The molecule has 0 aliphatic heterocycles. The Morgan fingerprint density at radius 1 is 0.735 bits per heavy atom. The van der Waals surface area contributed by atoms with Crippen molar-refractivity contribution in [2.45, 2.75) is 57.5 Å². The zero-order valence-corrected chi connectivity index (χ0v) is 20.2. The van der Waals surface area contributed by atoms with E-state index in [4.69, 9.17) is 4.74 Å². The first-order valence-electron chi connectivity index (χ1n) is 13.1. The van der Waals surface area contributed by atoms with Crippen LogP contribution in [0.3, 0.4) is 0 Å². The van der Waals surface area contributed by atoms with Crippen molar-refractivity contribution >= 4 is 0 Å². The maximum absolute atomic E-state index is 12.0. The van der Waals surface area contributed by atoms with E-state index in [-0.39, 0.29) is 0 Å². The van der Waals surface area contributed by atoms with Crippen LogP contribution >= 0.6 is 0 Å². The van der Waals surface area contributed by atoms with Crippen LogP contribution in [0.15, 0.2) is 78.9 Å². The van der Waals surface area contributed by atoms with Gasteiger partial charge in [-0.1, -0.05) is 72.3 Å². The van der Waals surface area contributed by atoms with Gasteiger partial charge in [0.1, 0.15) is 11.4 Å². The third-order valence-corrected chi connectivity index (χ3v) is 9.00. The highest BCUT2D eigenvalue weighted by Gasteiger charge is 2.50. The van der Waals surface area contributed by atoms with E-state index >= 15 is 0 Å². The molecule has 7 rings (SSSR count). The van der Waals surface area contributed by atoms with Crippen LogP contribution < -0.4 is 4.74 Å². The van der Waals surface area contributed by atoms with Gasteiger partial charge in [-0.05, 0) is 104 Å². The molecule has 0 amide bonds. The molecule has 4 fully saturated rings. The van der Waals surface area contributed by atoms with Gasteiger partial charge in [0.15, 0.2) is 0 Å². The number of ether oxygens (including phenoxy) is 1. The van der Waals surface area contributed by atoms with Gasteiger partial charge in [-0.25, -0.2) is 0 Å². The molecule has 1 atom stereocenters. The molecule has 2 heteroatoms. The highest BCUT2D eigenvalue weighted by molar-refractivity contribution is 5.48. The van der Waals surface area contributed by atoms with E-state index in [1.54, 1.807) is 0 Å². The Labute approximate surface area is 204 Å². The highest BCUT2D eigenvalue weighted by Crippen LogP contribution is 2.61. The Hall–Kier alpha value is -2.58. The predicted molar refractivity (Wildman–Crippen MR) is 137 cm³/mol. The van der Waals surface area contributed by atoms with E-state index in [2.05, 4.69) is 19.1 Å². The summed E-state index contributed by atoms with van der Waals surface area (Å²) in [5.41, 5.74) is 3.13. The molecule has 176 valence electrons. The van der Waals surface area contributed by atoms with Gasteiger partial charge in [0.25, 0.3) is 0 Å². The van der Waals surface area contributed by atoms with Crippen LogP contribution in [0.5, 0.6) is 5.75 Å². The van der Waals surface area contributed by atoms with Gasteiger partial charge in [0.05, 0.1) is 6.61 Å². The molecular formula is C32H36O2. The second-order valence-electron chi connectivity index (χ2n) is 11.5. The fourth-order valence-corrected chi connectivity index (χ4v) is 7.75. The maximum atomic E-state index is 12.0. The van der Waals surface area contributed by atoms with Crippen LogP contribution in [-0.2, 0) is 5.60 Å². The first kappa shape index (κ1) is 21.9. The van der Waals surface area contributed by atoms with Gasteiger partial charge in [-0.2, -0.15) is 0 Å². The minimum absolute atomic E-state index is 0.549. The number of aryl methyl sites for hydroxylation is 1. The highest BCUT2D eigenvalue weighted by atomic mass is 16.5. The van der Waals surface area contributed by atoms with Crippen molar-refractivity contribution in [3.63, 3.8) is 0 Å². The van der Waals surface area contributed by atoms with E-state index in [9.17, 15) is 5.11 Å². The molecule has 0 spiro atoms. The van der Waals surface area contributed by atoms with E-state index in [0.29, 0.717) is 5.41 Å². The van der Waals surface area contributed by atoms with E-state index in [0.717, 1.165) is 46.8 Å². The van der Waals surface area contributed by atoms with Gasteiger partial charge < -0.3 is 9.84 Å². The molecule has 0 radical (unpaired) electrons. The molecular weight excluding hydrogens is 416 g/mol. The van der Waals surface area contributed by atoms with Crippen molar-refractivity contribution in [2.75, 3.05) is 6.61 Å². The summed E-state index contributed by atoms with van der Waals surface area (Å²) in [6, 6.07) is 26.2. The second-order valence-corrected chi connectivity index (χ2v) is 11.5. The normalized spacial score (nSPS) is 29.1. The molecule has 3 aromatic carbocycles. The molecule has 4 aliphatic rings. The minimum Gasteiger partial charge on any atom is -0.494 e. The monoisotopic (exact) mass is 452 g/mol. The van der Waals surface area contributed by atoms with Crippen LogP contribution in [0.1, 0.15) is 67.2 Å².